The number of amides is 1. The predicted molar refractivity (Wildman–Crippen MR) is 107 cm³/mol. The Morgan fingerprint density at radius 2 is 2.00 bits per heavy atom. The summed E-state index contributed by atoms with van der Waals surface area (Å²) in [6, 6.07) is 7.56. The zero-order valence-corrected chi connectivity index (χ0v) is 16.6. The van der Waals surface area contributed by atoms with E-state index in [0.29, 0.717) is 36.5 Å². The number of aromatic amines is 1. The predicted octanol–water partition coefficient (Wildman–Crippen LogP) is 2.54. The zero-order chi connectivity index (χ0) is 18.4. The standard InChI is InChI=1S/C19H27N5O2.ClH/c1-13(14-7-9-20-10-8-14)11-18(25)21-12-17-22-19(24-23-17)15-3-5-16(26-2)6-4-15;/h3-6,13-14,20H,7-12H2,1-2H3,(H,21,25)(H,22,23,24);1H. The Morgan fingerprint density at radius 3 is 2.67 bits per heavy atom. The van der Waals surface area contributed by atoms with E-state index in [1.54, 1.807) is 7.11 Å². The number of carbonyl (C=O) groups excluding carboxylic acids is 1. The van der Waals surface area contributed by atoms with Crippen LogP contribution in [0.3, 0.4) is 0 Å². The molecule has 2 heterocycles. The number of carbonyl (C=O) groups is 1. The maximum Gasteiger partial charge on any atom is 0.220 e. The molecule has 1 amide bonds. The molecule has 7 nitrogen and oxygen atoms in total. The number of aromatic nitrogens is 3. The number of halogens is 1. The van der Waals surface area contributed by atoms with Crippen LogP contribution < -0.4 is 15.4 Å². The van der Waals surface area contributed by atoms with E-state index < -0.39 is 0 Å². The molecule has 1 fully saturated rings. The lowest BCUT2D eigenvalue weighted by Crippen LogP contribution is -2.33. The van der Waals surface area contributed by atoms with Gasteiger partial charge in [-0.1, -0.05) is 6.92 Å². The molecular formula is C19H28ClN5O2. The Morgan fingerprint density at radius 1 is 1.30 bits per heavy atom. The molecule has 0 spiro atoms. The molecule has 1 saturated heterocycles. The highest BCUT2D eigenvalue weighted by Crippen LogP contribution is 2.24. The molecule has 3 rings (SSSR count). The van der Waals surface area contributed by atoms with Crippen molar-refractivity contribution in [1.29, 1.82) is 0 Å². The van der Waals surface area contributed by atoms with Gasteiger partial charge in [0, 0.05) is 12.0 Å². The summed E-state index contributed by atoms with van der Waals surface area (Å²) in [5.41, 5.74) is 0.902. The summed E-state index contributed by atoms with van der Waals surface area (Å²) in [5.74, 6) is 3.16. The van der Waals surface area contributed by atoms with Crippen molar-refractivity contribution in [3.63, 3.8) is 0 Å². The number of ether oxygens (including phenoxy) is 1. The van der Waals surface area contributed by atoms with Crippen molar-refractivity contribution in [2.24, 2.45) is 11.8 Å². The first kappa shape index (κ1) is 21.2. The highest BCUT2D eigenvalue weighted by Gasteiger charge is 2.22. The fourth-order valence-corrected chi connectivity index (χ4v) is 3.37. The Labute approximate surface area is 166 Å². The van der Waals surface area contributed by atoms with Gasteiger partial charge in [-0.05, 0) is 62.0 Å². The van der Waals surface area contributed by atoms with E-state index in [0.717, 1.165) is 37.2 Å². The Bertz CT molecular complexity index is 713. The van der Waals surface area contributed by atoms with Gasteiger partial charge in [0.15, 0.2) is 5.82 Å². The summed E-state index contributed by atoms with van der Waals surface area (Å²) in [4.78, 5) is 16.7. The van der Waals surface area contributed by atoms with Crippen molar-refractivity contribution in [3.8, 4) is 17.1 Å². The van der Waals surface area contributed by atoms with Crippen LogP contribution in [0.4, 0.5) is 0 Å². The normalized spacial score (nSPS) is 15.6. The first-order chi connectivity index (χ1) is 12.7. The van der Waals surface area contributed by atoms with Gasteiger partial charge < -0.3 is 15.4 Å². The first-order valence-electron chi connectivity index (χ1n) is 9.19. The fourth-order valence-electron chi connectivity index (χ4n) is 3.37. The molecular weight excluding hydrogens is 366 g/mol. The number of rotatable bonds is 7. The lowest BCUT2D eigenvalue weighted by atomic mass is 9.84. The molecule has 148 valence electrons. The zero-order valence-electron chi connectivity index (χ0n) is 15.8. The highest BCUT2D eigenvalue weighted by atomic mass is 35.5. The largest absolute Gasteiger partial charge is 0.497 e. The van der Waals surface area contributed by atoms with Crippen LogP contribution in [0.25, 0.3) is 11.4 Å². The third-order valence-electron chi connectivity index (χ3n) is 5.03. The maximum absolute atomic E-state index is 12.2. The van der Waals surface area contributed by atoms with Gasteiger partial charge >= 0.3 is 0 Å². The van der Waals surface area contributed by atoms with Crippen molar-refractivity contribution in [2.45, 2.75) is 32.7 Å². The van der Waals surface area contributed by atoms with Crippen molar-refractivity contribution < 1.29 is 9.53 Å². The second-order valence-corrected chi connectivity index (χ2v) is 6.88. The first-order valence-corrected chi connectivity index (χ1v) is 9.19. The molecule has 3 N–H and O–H groups in total. The van der Waals surface area contributed by atoms with Crippen LogP contribution in [-0.2, 0) is 11.3 Å². The summed E-state index contributed by atoms with van der Waals surface area (Å²) < 4.78 is 5.15. The van der Waals surface area contributed by atoms with Gasteiger partial charge in [0.1, 0.15) is 11.6 Å². The second-order valence-electron chi connectivity index (χ2n) is 6.88. The smallest absolute Gasteiger partial charge is 0.220 e. The van der Waals surface area contributed by atoms with Crippen LogP contribution >= 0.6 is 12.4 Å². The van der Waals surface area contributed by atoms with Crippen LogP contribution in [0, 0.1) is 11.8 Å². The lowest BCUT2D eigenvalue weighted by Gasteiger charge is -2.27. The van der Waals surface area contributed by atoms with Crippen LogP contribution in [0.15, 0.2) is 24.3 Å². The van der Waals surface area contributed by atoms with Gasteiger partial charge in [-0.15, -0.1) is 12.4 Å². The minimum atomic E-state index is 0. The second kappa shape index (κ2) is 10.3. The van der Waals surface area contributed by atoms with Gasteiger partial charge in [-0.25, -0.2) is 4.98 Å². The third kappa shape index (κ3) is 5.94. The number of H-pyrrole nitrogens is 1. The number of hydrogen-bond acceptors (Lipinski definition) is 5. The summed E-state index contributed by atoms with van der Waals surface area (Å²) in [6.45, 7) is 4.65. The molecule has 2 aromatic rings. The van der Waals surface area contributed by atoms with Crippen LogP contribution in [0.5, 0.6) is 5.75 Å². The lowest BCUT2D eigenvalue weighted by molar-refractivity contribution is -0.122. The molecule has 1 atom stereocenters. The van der Waals surface area contributed by atoms with Crippen molar-refractivity contribution in [2.75, 3.05) is 20.2 Å². The van der Waals surface area contributed by atoms with Crippen molar-refractivity contribution in [1.82, 2.24) is 25.8 Å². The number of nitrogens with one attached hydrogen (secondary N) is 3. The average molecular weight is 394 g/mol. The van der Waals surface area contributed by atoms with Crippen molar-refractivity contribution >= 4 is 18.3 Å². The number of nitrogens with zero attached hydrogens (tertiary/aromatic N) is 2. The quantitative estimate of drug-likeness (QED) is 0.672. The van der Waals surface area contributed by atoms with E-state index in [2.05, 4.69) is 32.7 Å². The minimum absolute atomic E-state index is 0. The number of methoxy groups -OCH3 is 1. The van der Waals surface area contributed by atoms with Crippen LogP contribution in [0.1, 0.15) is 32.0 Å². The third-order valence-corrected chi connectivity index (χ3v) is 5.03. The Kier molecular flexibility index (Phi) is 8.06. The van der Waals surface area contributed by atoms with E-state index >= 15 is 0 Å². The van der Waals surface area contributed by atoms with Gasteiger partial charge in [0.05, 0.1) is 13.7 Å². The minimum Gasteiger partial charge on any atom is -0.497 e. The SMILES string of the molecule is COc1ccc(-c2n[nH]c(CNC(=O)CC(C)C3CCNCC3)n2)cc1.Cl. The van der Waals surface area contributed by atoms with Gasteiger partial charge in [0.2, 0.25) is 5.91 Å². The van der Waals surface area contributed by atoms with E-state index in [4.69, 9.17) is 4.74 Å². The molecule has 0 aliphatic carbocycles. The number of benzene rings is 1. The molecule has 0 bridgehead atoms. The molecule has 1 aliphatic rings. The monoisotopic (exact) mass is 393 g/mol. The molecule has 1 aliphatic heterocycles. The summed E-state index contributed by atoms with van der Waals surface area (Å²) in [7, 11) is 1.63. The van der Waals surface area contributed by atoms with E-state index in [-0.39, 0.29) is 18.3 Å². The van der Waals surface area contributed by atoms with Crippen molar-refractivity contribution in [3.05, 3.63) is 30.1 Å². The molecule has 1 aromatic carbocycles. The van der Waals surface area contributed by atoms with E-state index in [1.165, 1.54) is 0 Å². The summed E-state index contributed by atoms with van der Waals surface area (Å²) in [6.07, 6.45) is 2.87. The molecule has 0 radical (unpaired) electrons. The van der Waals surface area contributed by atoms with E-state index in [1.807, 2.05) is 24.3 Å². The van der Waals surface area contributed by atoms with Gasteiger partial charge in [-0.2, -0.15) is 5.10 Å². The fraction of sp³-hybridized carbons (Fsp3) is 0.526. The summed E-state index contributed by atoms with van der Waals surface area (Å²) >= 11 is 0. The molecule has 1 aromatic heterocycles. The van der Waals surface area contributed by atoms with E-state index in [9.17, 15) is 4.79 Å². The number of hydrogen-bond donors (Lipinski definition) is 3. The average Bonchev–Trinajstić information content (AvgIpc) is 3.16. The number of piperidine rings is 1. The molecule has 8 heteroatoms. The Balaban J connectivity index is 0.00000261. The van der Waals surface area contributed by atoms with Crippen LogP contribution in [-0.4, -0.2) is 41.3 Å². The van der Waals surface area contributed by atoms with Gasteiger partial charge in [0.25, 0.3) is 0 Å². The highest BCUT2D eigenvalue weighted by molar-refractivity contribution is 5.85. The van der Waals surface area contributed by atoms with Crippen LogP contribution in [0.2, 0.25) is 0 Å². The topological polar surface area (TPSA) is 91.9 Å². The molecule has 27 heavy (non-hydrogen) atoms. The molecule has 1 unspecified atom stereocenters. The Hall–Kier alpha value is -2.12. The summed E-state index contributed by atoms with van der Waals surface area (Å²) in [5, 5.41) is 13.4. The molecule has 0 saturated carbocycles. The maximum atomic E-state index is 12.2. The van der Waals surface area contributed by atoms with Gasteiger partial charge in [-0.3, -0.25) is 9.89 Å².